The molecule has 2 saturated carbocycles. The minimum Gasteiger partial charge on any atom is -0.392 e. The topological polar surface area (TPSA) is 87.0 Å². The average molecular weight is 364 g/mol. The molecule has 26 heavy (non-hydrogen) atoms. The maximum atomic E-state index is 13.6. The molecule has 0 aromatic carbocycles. The van der Waals surface area contributed by atoms with E-state index in [-0.39, 0.29) is 23.2 Å². The molecule has 1 heterocycles. The van der Waals surface area contributed by atoms with Gasteiger partial charge in [-0.15, -0.1) is 0 Å². The van der Waals surface area contributed by atoms with Gasteiger partial charge in [0.25, 0.3) is 0 Å². The lowest BCUT2D eigenvalue weighted by Crippen LogP contribution is -2.72. The molecule has 146 valence electrons. The number of fused-ring (bicyclic) bond motifs is 5. The Morgan fingerprint density at radius 1 is 1.15 bits per heavy atom. The molecule has 1 aliphatic heterocycles. The summed E-state index contributed by atoms with van der Waals surface area (Å²) in [5.74, 6) is -0.531. The SMILES string of the molecule is CC1=C2C(O)C(=O)[C@@]3(C)C(C[C@](O)(CC1)C2(C)C)[C@]1(C)CO[C@@H]1C[C@@H]3O. The second-order valence-electron chi connectivity index (χ2n) is 10.2. The zero-order valence-corrected chi connectivity index (χ0v) is 16.5. The van der Waals surface area contributed by atoms with Gasteiger partial charge in [0.2, 0.25) is 0 Å². The Morgan fingerprint density at radius 2 is 1.81 bits per heavy atom. The largest absolute Gasteiger partial charge is 0.392 e. The Morgan fingerprint density at radius 3 is 2.38 bits per heavy atom. The molecule has 7 atom stereocenters. The molecule has 1 saturated heterocycles. The van der Waals surface area contributed by atoms with Gasteiger partial charge in [-0.05, 0) is 44.6 Å². The first kappa shape index (κ1) is 18.6. The number of Topliss-reactive ketones (excluding diaryl/α,β-unsaturated/α-hetero) is 1. The number of hydrogen-bond donors (Lipinski definition) is 3. The van der Waals surface area contributed by atoms with E-state index in [0.717, 1.165) is 5.57 Å². The van der Waals surface area contributed by atoms with Crippen molar-refractivity contribution in [1.82, 2.24) is 0 Å². The Bertz CT molecular complexity index is 697. The third-order valence-corrected chi connectivity index (χ3v) is 8.79. The highest BCUT2D eigenvalue weighted by atomic mass is 16.5. The minimum absolute atomic E-state index is 0.0907. The van der Waals surface area contributed by atoms with E-state index in [1.165, 1.54) is 0 Å². The van der Waals surface area contributed by atoms with Crippen LogP contribution in [0.15, 0.2) is 11.1 Å². The van der Waals surface area contributed by atoms with E-state index >= 15 is 0 Å². The molecule has 3 fully saturated rings. The van der Waals surface area contributed by atoms with Gasteiger partial charge < -0.3 is 20.1 Å². The summed E-state index contributed by atoms with van der Waals surface area (Å²) in [5.41, 5.74) is -1.41. The molecule has 0 radical (unpaired) electrons. The number of aliphatic hydroxyl groups excluding tert-OH is 2. The highest BCUT2D eigenvalue weighted by Crippen LogP contribution is 2.64. The normalized spacial score (nSPS) is 53.2. The zero-order chi connectivity index (χ0) is 19.3. The van der Waals surface area contributed by atoms with Crippen molar-refractivity contribution in [3.05, 3.63) is 11.1 Å². The van der Waals surface area contributed by atoms with Crippen molar-refractivity contribution >= 4 is 5.78 Å². The first-order valence-corrected chi connectivity index (χ1v) is 9.84. The second-order valence-corrected chi connectivity index (χ2v) is 10.2. The highest BCUT2D eigenvalue weighted by Gasteiger charge is 2.69. The molecule has 0 spiro atoms. The van der Waals surface area contributed by atoms with Gasteiger partial charge in [-0.2, -0.15) is 0 Å². The van der Waals surface area contributed by atoms with Crippen molar-refractivity contribution in [2.24, 2.45) is 22.2 Å². The van der Waals surface area contributed by atoms with E-state index in [2.05, 4.69) is 6.92 Å². The Balaban J connectivity index is 1.93. The molecule has 3 N–H and O–H groups in total. The number of carbonyl (C=O) groups is 1. The molecular formula is C21H32O5. The number of aliphatic hydroxyl groups is 3. The molecule has 2 unspecified atom stereocenters. The molecule has 4 rings (SSSR count). The summed E-state index contributed by atoms with van der Waals surface area (Å²) < 4.78 is 5.72. The van der Waals surface area contributed by atoms with Crippen molar-refractivity contribution in [1.29, 1.82) is 0 Å². The van der Waals surface area contributed by atoms with Crippen LogP contribution in [0.25, 0.3) is 0 Å². The standard InChI is InChI=1S/C21H32O5/c1-11-6-7-21(25)9-12-19(4)10-26-14(19)8-13(22)20(12,5)17(24)16(23)15(11)18(21,2)3/h12-14,16,22-23,25H,6-10H2,1-5H3/t12?,13-,14+,16?,19-,20-,21+/m0/s1. The van der Waals surface area contributed by atoms with E-state index in [1.807, 2.05) is 20.8 Å². The molecular weight excluding hydrogens is 332 g/mol. The molecule has 5 heteroatoms. The molecule has 0 amide bonds. The van der Waals surface area contributed by atoms with Gasteiger partial charge in [0.05, 0.1) is 29.8 Å². The van der Waals surface area contributed by atoms with Crippen LogP contribution < -0.4 is 0 Å². The molecule has 5 nitrogen and oxygen atoms in total. The first-order valence-electron chi connectivity index (χ1n) is 9.84. The van der Waals surface area contributed by atoms with Crippen LogP contribution in [-0.2, 0) is 9.53 Å². The molecule has 2 bridgehead atoms. The van der Waals surface area contributed by atoms with E-state index in [0.29, 0.717) is 37.9 Å². The van der Waals surface area contributed by atoms with Crippen LogP contribution in [0.2, 0.25) is 0 Å². The quantitative estimate of drug-likeness (QED) is 0.572. The predicted octanol–water partition coefficient (Wildman–Crippen LogP) is 1.98. The van der Waals surface area contributed by atoms with Crippen LogP contribution in [-0.4, -0.2) is 51.6 Å². The summed E-state index contributed by atoms with van der Waals surface area (Å²) in [7, 11) is 0. The maximum absolute atomic E-state index is 13.6. The average Bonchev–Trinajstić information content (AvgIpc) is 2.56. The lowest BCUT2D eigenvalue weighted by Gasteiger charge is -2.66. The summed E-state index contributed by atoms with van der Waals surface area (Å²) in [6.07, 6.45) is -0.101. The van der Waals surface area contributed by atoms with Crippen molar-refractivity contribution in [2.75, 3.05) is 6.61 Å². The van der Waals surface area contributed by atoms with Gasteiger partial charge in [0.1, 0.15) is 6.10 Å². The third-order valence-electron chi connectivity index (χ3n) is 8.79. The summed E-state index contributed by atoms with van der Waals surface area (Å²) in [6, 6.07) is 0. The first-order chi connectivity index (χ1) is 11.9. The van der Waals surface area contributed by atoms with Gasteiger partial charge in [-0.25, -0.2) is 0 Å². The number of carbonyl (C=O) groups excluding carboxylic acids is 1. The molecule has 4 aliphatic rings. The van der Waals surface area contributed by atoms with Crippen molar-refractivity contribution in [3.8, 4) is 0 Å². The van der Waals surface area contributed by atoms with Crippen LogP contribution in [0, 0.1) is 22.2 Å². The van der Waals surface area contributed by atoms with Crippen LogP contribution in [0.3, 0.4) is 0 Å². The van der Waals surface area contributed by atoms with Gasteiger partial charge in [0, 0.05) is 17.3 Å². The van der Waals surface area contributed by atoms with E-state index in [9.17, 15) is 20.1 Å². The molecule has 0 aromatic rings. The van der Waals surface area contributed by atoms with Gasteiger partial charge in [-0.3, -0.25) is 4.79 Å². The second kappa shape index (κ2) is 5.19. The Kier molecular flexibility index (Phi) is 3.72. The highest BCUT2D eigenvalue weighted by molar-refractivity contribution is 5.93. The lowest BCUT2D eigenvalue weighted by molar-refractivity contribution is -0.286. The fourth-order valence-electron chi connectivity index (χ4n) is 6.59. The zero-order valence-electron chi connectivity index (χ0n) is 16.5. The molecule has 3 aliphatic carbocycles. The smallest absolute Gasteiger partial charge is 0.174 e. The fraction of sp³-hybridized carbons (Fsp3) is 0.857. The van der Waals surface area contributed by atoms with Crippen LogP contribution >= 0.6 is 0 Å². The van der Waals surface area contributed by atoms with Crippen molar-refractivity contribution in [2.45, 2.75) is 84.2 Å². The minimum atomic E-state index is -1.28. The Labute approximate surface area is 155 Å². The number of ether oxygens (including phenoxy) is 1. The van der Waals surface area contributed by atoms with E-state index in [4.69, 9.17) is 4.74 Å². The van der Waals surface area contributed by atoms with Crippen LogP contribution in [0.5, 0.6) is 0 Å². The number of ketones is 1. The monoisotopic (exact) mass is 364 g/mol. The number of rotatable bonds is 0. The predicted molar refractivity (Wildman–Crippen MR) is 96.4 cm³/mol. The summed E-state index contributed by atoms with van der Waals surface area (Å²) in [6.45, 7) is 10.3. The van der Waals surface area contributed by atoms with Gasteiger partial charge in [0.15, 0.2) is 5.78 Å². The third kappa shape index (κ3) is 1.93. The Hall–Kier alpha value is -0.750. The van der Waals surface area contributed by atoms with Crippen LogP contribution in [0.1, 0.15) is 60.3 Å². The van der Waals surface area contributed by atoms with Crippen molar-refractivity contribution in [3.63, 3.8) is 0 Å². The van der Waals surface area contributed by atoms with Crippen LogP contribution in [0.4, 0.5) is 0 Å². The van der Waals surface area contributed by atoms with Gasteiger partial charge in [-0.1, -0.05) is 26.3 Å². The molecule has 0 aromatic heterocycles. The number of hydrogen-bond acceptors (Lipinski definition) is 5. The summed E-state index contributed by atoms with van der Waals surface area (Å²) in [4.78, 5) is 13.6. The van der Waals surface area contributed by atoms with Gasteiger partial charge >= 0.3 is 0 Å². The number of allylic oxidation sites excluding steroid dienone is 1. The fourth-order valence-corrected chi connectivity index (χ4v) is 6.59. The summed E-state index contributed by atoms with van der Waals surface area (Å²) >= 11 is 0. The summed E-state index contributed by atoms with van der Waals surface area (Å²) in [5, 5.41) is 33.8. The van der Waals surface area contributed by atoms with E-state index in [1.54, 1.807) is 6.92 Å². The van der Waals surface area contributed by atoms with Crippen molar-refractivity contribution < 1.29 is 24.9 Å². The van der Waals surface area contributed by atoms with E-state index < -0.39 is 28.6 Å². The lowest BCUT2D eigenvalue weighted by atomic mass is 9.44. The maximum Gasteiger partial charge on any atom is 0.174 e.